The summed E-state index contributed by atoms with van der Waals surface area (Å²) < 4.78 is 13.0. The van der Waals surface area contributed by atoms with Gasteiger partial charge >= 0.3 is 0 Å². The molecule has 0 radical (unpaired) electrons. The minimum absolute atomic E-state index is 0.108. The summed E-state index contributed by atoms with van der Waals surface area (Å²) in [6.45, 7) is 4.15. The van der Waals surface area contributed by atoms with Crippen molar-refractivity contribution in [1.29, 1.82) is 0 Å². The van der Waals surface area contributed by atoms with Crippen molar-refractivity contribution < 1.29 is 9.50 Å². The van der Waals surface area contributed by atoms with Gasteiger partial charge in [0.2, 0.25) is 0 Å². The number of rotatable bonds is 5. The first kappa shape index (κ1) is 14.5. The molecule has 3 heteroatoms. The van der Waals surface area contributed by atoms with Gasteiger partial charge in [-0.1, -0.05) is 31.2 Å². The molecule has 0 aromatic heterocycles. The van der Waals surface area contributed by atoms with Crippen molar-refractivity contribution in [2.24, 2.45) is 0 Å². The van der Waals surface area contributed by atoms with Crippen molar-refractivity contribution in [2.45, 2.75) is 32.4 Å². The van der Waals surface area contributed by atoms with Gasteiger partial charge in [0.15, 0.2) is 0 Å². The van der Waals surface area contributed by atoms with E-state index < -0.39 is 0 Å². The third-order valence-electron chi connectivity index (χ3n) is 3.50. The van der Waals surface area contributed by atoms with Gasteiger partial charge in [-0.25, -0.2) is 4.39 Å². The normalized spacial score (nSPS) is 13.9. The average molecular weight is 273 g/mol. The van der Waals surface area contributed by atoms with Crippen LogP contribution in [0.1, 0.15) is 43.5 Å². The quantitative estimate of drug-likeness (QED) is 0.849. The summed E-state index contributed by atoms with van der Waals surface area (Å²) in [5.74, 6) is 0.0515. The summed E-state index contributed by atoms with van der Waals surface area (Å²) in [6.07, 6.45) is 0.911. The number of halogens is 1. The summed E-state index contributed by atoms with van der Waals surface area (Å²) >= 11 is 0. The highest BCUT2D eigenvalue weighted by Gasteiger charge is 2.14. The lowest BCUT2D eigenvalue weighted by atomic mass is 10.0. The second-order valence-corrected chi connectivity index (χ2v) is 5.00. The summed E-state index contributed by atoms with van der Waals surface area (Å²) in [6, 6.07) is 14.1. The number of nitrogens with one attached hydrogen (secondary N) is 1. The minimum Gasteiger partial charge on any atom is -0.508 e. The fourth-order valence-corrected chi connectivity index (χ4v) is 2.34. The molecule has 0 spiro atoms. The molecule has 0 aliphatic rings. The second kappa shape index (κ2) is 6.53. The molecule has 20 heavy (non-hydrogen) atoms. The van der Waals surface area contributed by atoms with E-state index in [0.29, 0.717) is 0 Å². The summed E-state index contributed by atoms with van der Waals surface area (Å²) in [4.78, 5) is 0. The van der Waals surface area contributed by atoms with Gasteiger partial charge in [0.05, 0.1) is 0 Å². The standard InChI is InChI=1S/C17H20FNO/c1-3-17(13-7-9-15(18)10-8-13)19-12(2)14-5-4-6-16(20)11-14/h4-12,17,19-20H,3H2,1-2H3. The van der Waals surface area contributed by atoms with Crippen molar-refractivity contribution >= 4 is 0 Å². The van der Waals surface area contributed by atoms with E-state index >= 15 is 0 Å². The highest BCUT2D eigenvalue weighted by molar-refractivity contribution is 5.29. The fraction of sp³-hybridized carbons (Fsp3) is 0.294. The Kier molecular flexibility index (Phi) is 4.74. The van der Waals surface area contributed by atoms with Crippen LogP contribution in [0.5, 0.6) is 5.75 Å². The zero-order valence-electron chi connectivity index (χ0n) is 11.8. The highest BCUT2D eigenvalue weighted by Crippen LogP contribution is 2.24. The van der Waals surface area contributed by atoms with Crippen LogP contribution in [0.25, 0.3) is 0 Å². The number of phenolic OH excluding ortho intramolecular Hbond substituents is 1. The molecule has 0 amide bonds. The second-order valence-electron chi connectivity index (χ2n) is 5.00. The van der Waals surface area contributed by atoms with E-state index in [4.69, 9.17) is 0 Å². The van der Waals surface area contributed by atoms with Crippen LogP contribution in [0.3, 0.4) is 0 Å². The Morgan fingerprint density at radius 3 is 2.40 bits per heavy atom. The molecule has 0 fully saturated rings. The van der Waals surface area contributed by atoms with Crippen LogP contribution in [-0.4, -0.2) is 5.11 Å². The lowest BCUT2D eigenvalue weighted by Crippen LogP contribution is -2.24. The number of hydrogen-bond acceptors (Lipinski definition) is 2. The van der Waals surface area contributed by atoms with E-state index in [2.05, 4.69) is 19.2 Å². The van der Waals surface area contributed by atoms with E-state index in [9.17, 15) is 9.50 Å². The Morgan fingerprint density at radius 2 is 1.80 bits per heavy atom. The molecule has 2 N–H and O–H groups in total. The molecule has 0 saturated carbocycles. The van der Waals surface area contributed by atoms with E-state index in [1.807, 2.05) is 24.3 Å². The maximum atomic E-state index is 13.0. The summed E-state index contributed by atoms with van der Waals surface area (Å²) in [7, 11) is 0. The molecule has 0 aliphatic heterocycles. The highest BCUT2D eigenvalue weighted by atomic mass is 19.1. The first-order valence-corrected chi connectivity index (χ1v) is 6.90. The lowest BCUT2D eigenvalue weighted by molar-refractivity contribution is 0.448. The number of hydrogen-bond donors (Lipinski definition) is 2. The van der Waals surface area contributed by atoms with Crippen LogP contribution >= 0.6 is 0 Å². The molecule has 2 aromatic carbocycles. The molecule has 0 heterocycles. The van der Waals surface area contributed by atoms with E-state index in [1.165, 1.54) is 12.1 Å². The molecule has 2 rings (SSSR count). The zero-order chi connectivity index (χ0) is 14.5. The fourth-order valence-electron chi connectivity index (χ4n) is 2.34. The van der Waals surface area contributed by atoms with Gasteiger partial charge in [0.1, 0.15) is 11.6 Å². The summed E-state index contributed by atoms with van der Waals surface area (Å²) in [5.41, 5.74) is 2.10. The minimum atomic E-state index is -0.218. The van der Waals surface area contributed by atoms with E-state index in [0.717, 1.165) is 17.5 Å². The molecular weight excluding hydrogens is 253 g/mol. The van der Waals surface area contributed by atoms with Crippen LogP contribution in [-0.2, 0) is 0 Å². The topological polar surface area (TPSA) is 32.3 Å². The third-order valence-corrected chi connectivity index (χ3v) is 3.50. The van der Waals surface area contributed by atoms with Crippen molar-refractivity contribution in [3.05, 3.63) is 65.5 Å². The Balaban J connectivity index is 2.11. The Labute approximate surface area is 119 Å². The molecule has 0 saturated heterocycles. The van der Waals surface area contributed by atoms with Gasteiger partial charge in [0, 0.05) is 12.1 Å². The Hall–Kier alpha value is -1.87. The maximum absolute atomic E-state index is 13.0. The van der Waals surface area contributed by atoms with E-state index in [1.54, 1.807) is 12.1 Å². The molecule has 0 bridgehead atoms. The molecule has 106 valence electrons. The van der Waals surface area contributed by atoms with Gasteiger partial charge in [-0.2, -0.15) is 0 Å². The zero-order valence-corrected chi connectivity index (χ0v) is 11.8. The van der Waals surface area contributed by atoms with Crippen molar-refractivity contribution in [2.75, 3.05) is 0 Å². The Morgan fingerprint density at radius 1 is 1.10 bits per heavy atom. The van der Waals surface area contributed by atoms with Gasteiger partial charge in [-0.15, -0.1) is 0 Å². The predicted molar refractivity (Wildman–Crippen MR) is 79.1 cm³/mol. The largest absolute Gasteiger partial charge is 0.508 e. The van der Waals surface area contributed by atoms with Gasteiger partial charge < -0.3 is 10.4 Å². The first-order valence-electron chi connectivity index (χ1n) is 6.90. The van der Waals surface area contributed by atoms with Crippen molar-refractivity contribution in [3.8, 4) is 5.75 Å². The molecule has 2 aromatic rings. The van der Waals surface area contributed by atoms with Crippen LogP contribution in [0.4, 0.5) is 4.39 Å². The summed E-state index contributed by atoms with van der Waals surface area (Å²) in [5, 5.41) is 13.0. The third kappa shape index (κ3) is 3.58. The van der Waals surface area contributed by atoms with Crippen molar-refractivity contribution in [3.63, 3.8) is 0 Å². The maximum Gasteiger partial charge on any atom is 0.123 e. The molecule has 2 atom stereocenters. The molecule has 2 nitrogen and oxygen atoms in total. The van der Waals surface area contributed by atoms with Crippen LogP contribution < -0.4 is 5.32 Å². The monoisotopic (exact) mass is 273 g/mol. The average Bonchev–Trinajstić information content (AvgIpc) is 2.45. The lowest BCUT2D eigenvalue weighted by Gasteiger charge is -2.23. The first-order chi connectivity index (χ1) is 9.60. The van der Waals surface area contributed by atoms with Gasteiger partial charge in [0.25, 0.3) is 0 Å². The van der Waals surface area contributed by atoms with Crippen LogP contribution in [0.15, 0.2) is 48.5 Å². The Bertz CT molecular complexity index is 553. The smallest absolute Gasteiger partial charge is 0.123 e. The SMILES string of the molecule is CCC(NC(C)c1cccc(O)c1)c1ccc(F)cc1. The number of phenols is 1. The van der Waals surface area contributed by atoms with E-state index in [-0.39, 0.29) is 23.7 Å². The van der Waals surface area contributed by atoms with Crippen LogP contribution in [0.2, 0.25) is 0 Å². The molecule has 0 aliphatic carbocycles. The van der Waals surface area contributed by atoms with Gasteiger partial charge in [-0.3, -0.25) is 0 Å². The number of aromatic hydroxyl groups is 1. The number of benzene rings is 2. The van der Waals surface area contributed by atoms with Crippen molar-refractivity contribution in [1.82, 2.24) is 5.32 Å². The van der Waals surface area contributed by atoms with Gasteiger partial charge in [-0.05, 0) is 48.7 Å². The molecular formula is C17H20FNO. The molecule has 2 unspecified atom stereocenters. The predicted octanol–water partition coefficient (Wildman–Crippen LogP) is 4.33. The van der Waals surface area contributed by atoms with Crippen LogP contribution in [0, 0.1) is 5.82 Å².